The Balaban J connectivity index is 0.781. The van der Waals surface area contributed by atoms with E-state index in [1.807, 2.05) is 30.7 Å². The molecule has 6 unspecified atom stereocenters. The van der Waals surface area contributed by atoms with Crippen molar-refractivity contribution in [2.45, 2.75) is 101 Å². The molecule has 0 bridgehead atoms. The molecule has 15 rings (SSSR count). The van der Waals surface area contributed by atoms with Crippen molar-refractivity contribution in [1.29, 1.82) is 0 Å². The van der Waals surface area contributed by atoms with Gasteiger partial charge in [0.2, 0.25) is 17.8 Å². The van der Waals surface area contributed by atoms with Gasteiger partial charge in [0.15, 0.2) is 17.5 Å². The number of fused-ring (bicyclic) bond motifs is 3. The minimum absolute atomic E-state index is 0.0274. The number of rotatable bonds is 23. The van der Waals surface area contributed by atoms with Gasteiger partial charge in [0.1, 0.15) is 11.9 Å². The van der Waals surface area contributed by atoms with Gasteiger partial charge in [-0.2, -0.15) is 43.4 Å². The van der Waals surface area contributed by atoms with Crippen LogP contribution in [0, 0.1) is 5.82 Å². The number of amides is 1. The van der Waals surface area contributed by atoms with E-state index in [0.717, 1.165) is 103 Å². The summed E-state index contributed by atoms with van der Waals surface area (Å²) in [5.74, 6) is 1.18. The van der Waals surface area contributed by atoms with Crippen LogP contribution in [-0.2, 0) is 21.1 Å². The monoisotopic (exact) mass is 1310 g/mol. The predicted molar refractivity (Wildman–Crippen MR) is 352 cm³/mol. The lowest BCUT2D eigenvalue weighted by Gasteiger charge is -2.21. The van der Waals surface area contributed by atoms with Gasteiger partial charge in [-0.25, -0.2) is 27.2 Å². The number of benzene rings is 6. The predicted octanol–water partition coefficient (Wildman–Crippen LogP) is 13.4. The summed E-state index contributed by atoms with van der Waals surface area (Å²) in [5.41, 5.74) is 12.3. The number of aromatic amines is 3. The topological polar surface area (TPSA) is 267 Å². The third-order valence-electron chi connectivity index (χ3n) is 18.7. The van der Waals surface area contributed by atoms with Crippen molar-refractivity contribution in [2.24, 2.45) is 21.1 Å². The molecule has 6 aromatic heterocycles. The summed E-state index contributed by atoms with van der Waals surface area (Å²) in [4.78, 5) is 27.5. The standard InChI is InChI=1S/C68H67F6N21O/c1-7-75-56(60(70)71)33-12-16-35(17-13-33)61-84-65(93(4)90-61)81-50-23-22-49-45(29-78-87-49)54(50)41-25-39(41)44-28-52(83-67-86-63(92-95(67)6)37-20-21-38(48(69)24-37)64(96)77-9-3)55(47-31-80-89-58(44)47)42-26-40(42)43-27-51(53(32-10-11-32)46-30-79-88-57(43)46)82-66-85-62(91-94(66)5)36-18-14-34(15-19-36)59(76-8-2)68(72,73)74/h12-24,27-32,39-42,56,59-60,75-76H,7-11,25-26H2,1-6H3,(H,77,96)(H,78,87)(H,79,88)(H,80,89)(H,81,84,90)(H,82,85,91)(H,83,86,92). The first-order valence-corrected chi connectivity index (χ1v) is 32.0. The molecule has 492 valence electrons. The summed E-state index contributed by atoms with van der Waals surface area (Å²) in [6.07, 6.45) is 2.02. The molecular formula is C68H67F6N21O. The lowest BCUT2D eigenvalue weighted by molar-refractivity contribution is -0.157. The largest absolute Gasteiger partial charge is 0.407 e. The van der Waals surface area contributed by atoms with Crippen molar-refractivity contribution in [3.8, 4) is 34.2 Å². The van der Waals surface area contributed by atoms with Crippen LogP contribution in [0.5, 0.6) is 0 Å². The van der Waals surface area contributed by atoms with Crippen LogP contribution in [0.4, 0.5) is 61.2 Å². The van der Waals surface area contributed by atoms with Crippen molar-refractivity contribution >= 4 is 73.5 Å². The Morgan fingerprint density at radius 3 is 1.57 bits per heavy atom. The average molecular weight is 1310 g/mol. The Labute approximate surface area is 544 Å². The third kappa shape index (κ3) is 11.4. The molecule has 0 saturated heterocycles. The van der Waals surface area contributed by atoms with E-state index in [-0.39, 0.29) is 53.1 Å². The van der Waals surface area contributed by atoms with Crippen molar-refractivity contribution in [3.05, 3.63) is 160 Å². The number of hydrogen-bond donors (Lipinski definition) is 9. The minimum atomic E-state index is -4.48. The van der Waals surface area contributed by atoms with E-state index in [1.165, 1.54) is 24.3 Å². The highest BCUT2D eigenvalue weighted by Gasteiger charge is 2.48. The molecule has 0 aliphatic heterocycles. The van der Waals surface area contributed by atoms with Crippen molar-refractivity contribution < 1.29 is 31.1 Å². The van der Waals surface area contributed by atoms with Gasteiger partial charge in [0.05, 0.1) is 46.7 Å². The number of nitrogens with one attached hydrogen (secondary N) is 9. The van der Waals surface area contributed by atoms with Crippen LogP contribution in [0.15, 0.2) is 110 Å². The Kier molecular flexibility index (Phi) is 15.7. The SMILES string of the molecule is CCNC(=O)c1ccc(-c2nc(Nc3cc(C4CC4c4c(Nc5nc(-c6ccc(C(NCC)C(F)F)cc6)nn5C)ccc5[nH]ncc45)c4[nH]ncc4c3C3CC3c3cc(Nc4nc(-c5ccc(C(NCC)C(F)(F)F)cc5)nn4C)c(C4CC4)c4cn[nH]c34)n(C)n2)cc1F. The van der Waals surface area contributed by atoms with Crippen LogP contribution in [0.25, 0.3) is 66.9 Å². The third-order valence-corrected chi connectivity index (χ3v) is 18.7. The highest BCUT2D eigenvalue weighted by molar-refractivity contribution is 5.97. The molecule has 3 aliphatic carbocycles. The first-order chi connectivity index (χ1) is 46.4. The van der Waals surface area contributed by atoms with Crippen LogP contribution < -0.4 is 31.9 Å². The zero-order valence-electron chi connectivity index (χ0n) is 53.0. The number of anilines is 6. The van der Waals surface area contributed by atoms with Crippen LogP contribution in [-0.4, -0.2) is 113 Å². The summed E-state index contributed by atoms with van der Waals surface area (Å²) in [6.45, 7) is 6.08. The van der Waals surface area contributed by atoms with Crippen molar-refractivity contribution in [2.75, 3.05) is 35.6 Å². The molecule has 9 N–H and O–H groups in total. The molecule has 12 aromatic rings. The summed E-state index contributed by atoms with van der Waals surface area (Å²) in [5, 5.41) is 59.8. The first kappa shape index (κ1) is 61.7. The van der Waals surface area contributed by atoms with Gasteiger partial charge in [0, 0.05) is 77.6 Å². The van der Waals surface area contributed by atoms with Gasteiger partial charge in [-0.15, -0.1) is 15.3 Å². The van der Waals surface area contributed by atoms with Gasteiger partial charge in [-0.05, 0) is 151 Å². The Hall–Kier alpha value is -10.5. The molecule has 0 spiro atoms. The molecule has 3 fully saturated rings. The van der Waals surface area contributed by atoms with Gasteiger partial charge in [-0.1, -0.05) is 68.4 Å². The molecule has 22 nitrogen and oxygen atoms in total. The normalized spacial score (nSPS) is 17.6. The van der Waals surface area contributed by atoms with E-state index in [2.05, 4.69) is 69.5 Å². The number of aryl methyl sites for hydroxylation is 3. The van der Waals surface area contributed by atoms with Crippen LogP contribution in [0.1, 0.15) is 137 Å². The van der Waals surface area contributed by atoms with Gasteiger partial charge >= 0.3 is 6.18 Å². The fourth-order valence-corrected chi connectivity index (χ4v) is 13.8. The second kappa shape index (κ2) is 24.4. The zero-order chi connectivity index (χ0) is 66.4. The van der Waals surface area contributed by atoms with E-state index in [9.17, 15) is 26.7 Å². The zero-order valence-corrected chi connectivity index (χ0v) is 53.0. The van der Waals surface area contributed by atoms with Crippen molar-refractivity contribution in [3.63, 3.8) is 0 Å². The van der Waals surface area contributed by atoms with Crippen LogP contribution in [0.3, 0.4) is 0 Å². The smallest absolute Gasteiger partial charge is 0.352 e. The Morgan fingerprint density at radius 1 is 0.562 bits per heavy atom. The highest BCUT2D eigenvalue weighted by atomic mass is 19.4. The number of carbonyl (C=O) groups excluding carboxylic acids is 1. The van der Waals surface area contributed by atoms with Crippen molar-refractivity contribution in [1.82, 2.24) is 90.8 Å². The van der Waals surface area contributed by atoms with Crippen LogP contribution in [0.2, 0.25) is 0 Å². The maximum atomic E-state index is 15.6. The van der Waals surface area contributed by atoms with E-state index in [4.69, 9.17) is 35.3 Å². The molecule has 28 heteroatoms. The molecular weight excluding hydrogens is 1240 g/mol. The van der Waals surface area contributed by atoms with Gasteiger partial charge in [0.25, 0.3) is 12.3 Å². The van der Waals surface area contributed by atoms with E-state index in [0.29, 0.717) is 64.8 Å². The molecule has 3 aliphatic rings. The molecule has 96 heavy (non-hydrogen) atoms. The quantitative estimate of drug-likeness (QED) is 0.0270. The number of alkyl halides is 5. The van der Waals surface area contributed by atoms with E-state index >= 15 is 4.39 Å². The molecule has 6 heterocycles. The maximum absolute atomic E-state index is 15.6. The summed E-state index contributed by atoms with van der Waals surface area (Å²) < 4.78 is 90.6. The molecule has 1 amide bonds. The van der Waals surface area contributed by atoms with Gasteiger partial charge < -0.3 is 31.9 Å². The number of halogens is 6. The lowest BCUT2D eigenvalue weighted by atomic mass is 9.92. The number of carbonyl (C=O) groups is 1. The lowest BCUT2D eigenvalue weighted by Crippen LogP contribution is -2.33. The molecule has 6 aromatic carbocycles. The number of aromatic nitrogens is 15. The second-order valence-corrected chi connectivity index (χ2v) is 24.9. The number of H-pyrrole nitrogens is 3. The first-order valence-electron chi connectivity index (χ1n) is 32.0. The fraction of sp³-hybridized carbons (Fsp3) is 0.324. The summed E-state index contributed by atoms with van der Waals surface area (Å²) >= 11 is 0. The number of nitrogens with zero attached hydrogens (tertiary/aromatic N) is 12. The maximum Gasteiger partial charge on any atom is 0.407 e. The average Bonchev–Trinajstić information content (AvgIpc) is 1.56. The molecule has 6 atom stereocenters. The fourth-order valence-electron chi connectivity index (χ4n) is 13.8. The van der Waals surface area contributed by atoms with E-state index in [1.54, 1.807) is 98.4 Å². The Morgan fingerprint density at radius 2 is 1.05 bits per heavy atom. The number of hydrogen-bond acceptors (Lipinski definition) is 15. The highest BCUT2D eigenvalue weighted by Crippen LogP contribution is 2.64. The van der Waals surface area contributed by atoms with Crippen LogP contribution >= 0.6 is 0 Å². The molecule has 3 saturated carbocycles. The second-order valence-electron chi connectivity index (χ2n) is 24.9. The van der Waals surface area contributed by atoms with Gasteiger partial charge in [-0.3, -0.25) is 20.1 Å². The molecule has 0 radical (unpaired) electrons. The summed E-state index contributed by atoms with van der Waals surface area (Å²) in [6, 6.07) is 22.8. The Bertz CT molecular complexity index is 4920. The van der Waals surface area contributed by atoms with E-state index < -0.39 is 36.4 Å². The summed E-state index contributed by atoms with van der Waals surface area (Å²) in [7, 11) is 5.34. The minimum Gasteiger partial charge on any atom is -0.352 e.